The van der Waals surface area contributed by atoms with Gasteiger partial charge in [-0.05, 0) is 32.6 Å². The fourth-order valence-corrected chi connectivity index (χ4v) is 1.01. The second-order valence-electron chi connectivity index (χ2n) is 2.98. The van der Waals surface area contributed by atoms with Crippen LogP contribution >= 0.6 is 0 Å². The first-order chi connectivity index (χ1) is 5.81. The molecular weight excluding hydrogens is 148 g/mol. The lowest BCUT2D eigenvalue weighted by atomic mass is 10.1. The maximum atomic E-state index is 8.57. The fraction of sp³-hybridized carbons (Fsp3) is 0.636. The molecule has 0 aliphatic carbocycles. The van der Waals surface area contributed by atoms with E-state index < -0.39 is 0 Å². The van der Waals surface area contributed by atoms with E-state index in [9.17, 15) is 0 Å². The number of hydrogen-bond acceptors (Lipinski definition) is 1. The smallest absolute Gasteiger partial charge is 0.0465 e. The summed E-state index contributed by atoms with van der Waals surface area (Å²) >= 11 is 0. The number of allylic oxidation sites excluding steroid dienone is 3. The maximum absolute atomic E-state index is 8.57. The van der Waals surface area contributed by atoms with Gasteiger partial charge in [-0.2, -0.15) is 0 Å². The highest BCUT2D eigenvalue weighted by molar-refractivity contribution is 4.99. The average molecular weight is 168 g/mol. The summed E-state index contributed by atoms with van der Waals surface area (Å²) in [6, 6.07) is 0. The summed E-state index contributed by atoms with van der Waals surface area (Å²) in [5.41, 5.74) is 1.38. The predicted octanol–water partition coefficient (Wildman–Crippen LogP) is 3.06. The molecule has 12 heavy (non-hydrogen) atoms. The summed E-state index contributed by atoms with van der Waals surface area (Å²) in [7, 11) is 0. The second kappa shape index (κ2) is 8.54. The Morgan fingerprint density at radius 3 is 2.58 bits per heavy atom. The molecule has 0 unspecified atom stereocenters. The minimum Gasteiger partial charge on any atom is -0.396 e. The van der Waals surface area contributed by atoms with Gasteiger partial charge in [-0.25, -0.2) is 0 Å². The second-order valence-corrected chi connectivity index (χ2v) is 2.98. The lowest BCUT2D eigenvalue weighted by Gasteiger charge is -1.96. The van der Waals surface area contributed by atoms with E-state index in [1.807, 2.05) is 0 Å². The van der Waals surface area contributed by atoms with E-state index in [2.05, 4.69) is 32.1 Å². The molecule has 0 radical (unpaired) electrons. The monoisotopic (exact) mass is 168 g/mol. The van der Waals surface area contributed by atoms with Gasteiger partial charge in [0.05, 0.1) is 0 Å². The number of hydrogen-bond donors (Lipinski definition) is 1. The number of aliphatic hydroxyl groups excluding tert-OH is 1. The summed E-state index contributed by atoms with van der Waals surface area (Å²) in [4.78, 5) is 0. The van der Waals surface area contributed by atoms with E-state index in [1.54, 1.807) is 0 Å². The van der Waals surface area contributed by atoms with Crippen molar-refractivity contribution >= 4 is 0 Å². The molecule has 0 aromatic carbocycles. The molecule has 1 heteroatoms. The third kappa shape index (κ3) is 7.55. The molecule has 0 saturated heterocycles. The van der Waals surface area contributed by atoms with Gasteiger partial charge in [-0.15, -0.1) is 0 Å². The van der Waals surface area contributed by atoms with E-state index >= 15 is 0 Å². The Kier molecular flexibility index (Phi) is 8.14. The van der Waals surface area contributed by atoms with Crippen LogP contribution in [0.5, 0.6) is 0 Å². The molecule has 0 aliphatic rings. The molecular formula is C11H20O. The van der Waals surface area contributed by atoms with Crippen LogP contribution < -0.4 is 0 Å². The van der Waals surface area contributed by atoms with Crippen molar-refractivity contribution in [3.63, 3.8) is 0 Å². The maximum Gasteiger partial charge on any atom is 0.0465 e. The Morgan fingerprint density at radius 2 is 2.00 bits per heavy atom. The predicted molar refractivity (Wildman–Crippen MR) is 54.1 cm³/mol. The van der Waals surface area contributed by atoms with Crippen molar-refractivity contribution in [2.75, 3.05) is 6.61 Å². The minimum atomic E-state index is 0.266. The molecule has 1 nitrogen and oxygen atoms in total. The summed E-state index contributed by atoms with van der Waals surface area (Å²) < 4.78 is 0. The van der Waals surface area contributed by atoms with Crippen molar-refractivity contribution in [3.8, 4) is 0 Å². The van der Waals surface area contributed by atoms with Gasteiger partial charge in [-0.3, -0.25) is 0 Å². The molecule has 0 bridgehead atoms. The van der Waals surface area contributed by atoms with Gasteiger partial charge < -0.3 is 5.11 Å². The van der Waals surface area contributed by atoms with Gasteiger partial charge in [0.2, 0.25) is 0 Å². The summed E-state index contributed by atoms with van der Waals surface area (Å²) in [6.45, 7) is 4.53. The first kappa shape index (κ1) is 11.4. The van der Waals surface area contributed by atoms with Crippen LogP contribution in [0.25, 0.3) is 0 Å². The molecule has 1 N–H and O–H groups in total. The van der Waals surface area contributed by atoms with Crippen molar-refractivity contribution in [2.45, 2.75) is 39.5 Å². The van der Waals surface area contributed by atoms with E-state index in [-0.39, 0.29) is 6.61 Å². The minimum absolute atomic E-state index is 0.266. The van der Waals surface area contributed by atoms with Gasteiger partial charge in [0.1, 0.15) is 0 Å². The van der Waals surface area contributed by atoms with Crippen LogP contribution in [-0.4, -0.2) is 11.7 Å². The average Bonchev–Trinajstić information content (AvgIpc) is 2.09. The van der Waals surface area contributed by atoms with Crippen LogP contribution in [0.2, 0.25) is 0 Å². The zero-order valence-electron chi connectivity index (χ0n) is 8.21. The Bertz CT molecular complexity index is 145. The number of rotatable bonds is 6. The molecule has 0 spiro atoms. The van der Waals surface area contributed by atoms with Crippen molar-refractivity contribution < 1.29 is 5.11 Å². The highest BCUT2D eigenvalue weighted by Crippen LogP contribution is 2.05. The third-order valence-corrected chi connectivity index (χ3v) is 1.73. The van der Waals surface area contributed by atoms with Crippen LogP contribution in [0.4, 0.5) is 0 Å². The van der Waals surface area contributed by atoms with Crippen LogP contribution in [0.3, 0.4) is 0 Å². The Balaban J connectivity index is 3.42. The first-order valence-electron chi connectivity index (χ1n) is 4.72. The first-order valence-corrected chi connectivity index (χ1v) is 4.72. The zero-order chi connectivity index (χ0) is 9.23. The van der Waals surface area contributed by atoms with Crippen molar-refractivity contribution in [1.82, 2.24) is 0 Å². The summed E-state index contributed by atoms with van der Waals surface area (Å²) in [5, 5.41) is 8.57. The molecule has 0 saturated carbocycles. The Labute approximate surface area is 75.8 Å². The molecule has 0 aromatic heterocycles. The van der Waals surface area contributed by atoms with E-state index in [0.29, 0.717) is 0 Å². The standard InChI is InChI=1S/C11H20O/c1-3-4-5-6-8-11(2)9-7-10-12/h4-5,9,12H,3,6-8,10H2,1-2H3/b5-4+,11-9+. The Morgan fingerprint density at radius 1 is 1.25 bits per heavy atom. The van der Waals surface area contributed by atoms with Crippen LogP contribution in [0, 0.1) is 0 Å². The molecule has 0 aliphatic heterocycles. The normalized spacial score (nSPS) is 12.8. The molecule has 70 valence electrons. The van der Waals surface area contributed by atoms with Crippen LogP contribution in [-0.2, 0) is 0 Å². The third-order valence-electron chi connectivity index (χ3n) is 1.73. The molecule has 0 atom stereocenters. The number of aliphatic hydroxyl groups is 1. The van der Waals surface area contributed by atoms with Gasteiger partial charge in [-0.1, -0.05) is 30.7 Å². The summed E-state index contributed by atoms with van der Waals surface area (Å²) in [6.07, 6.45) is 10.7. The summed E-state index contributed by atoms with van der Waals surface area (Å²) in [5.74, 6) is 0. The van der Waals surface area contributed by atoms with Crippen molar-refractivity contribution in [2.24, 2.45) is 0 Å². The molecule has 0 aromatic rings. The van der Waals surface area contributed by atoms with Gasteiger partial charge >= 0.3 is 0 Å². The quantitative estimate of drug-likeness (QED) is 0.604. The molecule has 0 rings (SSSR count). The highest BCUT2D eigenvalue weighted by Gasteiger charge is 1.86. The lowest BCUT2D eigenvalue weighted by molar-refractivity contribution is 0.302. The topological polar surface area (TPSA) is 20.2 Å². The molecule has 0 heterocycles. The molecule has 0 fully saturated rings. The van der Waals surface area contributed by atoms with Crippen LogP contribution in [0.1, 0.15) is 39.5 Å². The van der Waals surface area contributed by atoms with Gasteiger partial charge in [0, 0.05) is 6.61 Å². The van der Waals surface area contributed by atoms with Crippen molar-refractivity contribution in [1.29, 1.82) is 0 Å². The highest BCUT2D eigenvalue weighted by atomic mass is 16.2. The zero-order valence-corrected chi connectivity index (χ0v) is 8.21. The fourth-order valence-electron chi connectivity index (χ4n) is 1.01. The van der Waals surface area contributed by atoms with E-state index in [1.165, 1.54) is 5.57 Å². The van der Waals surface area contributed by atoms with E-state index in [4.69, 9.17) is 5.11 Å². The largest absolute Gasteiger partial charge is 0.396 e. The van der Waals surface area contributed by atoms with Gasteiger partial charge in [0.15, 0.2) is 0 Å². The van der Waals surface area contributed by atoms with Crippen molar-refractivity contribution in [3.05, 3.63) is 23.8 Å². The lowest BCUT2D eigenvalue weighted by Crippen LogP contribution is -1.80. The van der Waals surface area contributed by atoms with E-state index in [0.717, 1.165) is 25.7 Å². The molecule has 0 amide bonds. The van der Waals surface area contributed by atoms with Crippen LogP contribution in [0.15, 0.2) is 23.8 Å². The SMILES string of the molecule is CC/C=C/CC/C(C)=C/CCO. The Hall–Kier alpha value is -0.560. The van der Waals surface area contributed by atoms with Gasteiger partial charge in [0.25, 0.3) is 0 Å².